The molecule has 150 valence electrons. The van der Waals surface area contributed by atoms with E-state index in [1.807, 2.05) is 72.5 Å². The van der Waals surface area contributed by atoms with Gasteiger partial charge >= 0.3 is 0 Å². The number of para-hydroxylation sites is 1. The molecule has 1 aliphatic rings. The van der Waals surface area contributed by atoms with Crippen molar-refractivity contribution in [1.29, 1.82) is 0 Å². The zero-order chi connectivity index (χ0) is 19.9. The van der Waals surface area contributed by atoms with E-state index in [2.05, 4.69) is 11.8 Å². The van der Waals surface area contributed by atoms with Gasteiger partial charge in [0.15, 0.2) is 0 Å². The topological polar surface area (TPSA) is 43.8 Å². The summed E-state index contributed by atoms with van der Waals surface area (Å²) >= 11 is 0. The number of benzene rings is 2. The van der Waals surface area contributed by atoms with E-state index in [4.69, 9.17) is 0 Å². The molecule has 2 aromatic carbocycles. The number of aliphatic hydroxyl groups is 1. The number of nitrogens with zero attached hydrogens (tertiary/aromatic N) is 2. The van der Waals surface area contributed by atoms with Crippen molar-refractivity contribution in [1.82, 2.24) is 4.90 Å². The molecule has 1 N–H and O–H groups in total. The number of carbonyl (C=O) groups excluding carboxylic acids is 1. The lowest BCUT2D eigenvalue weighted by molar-refractivity contribution is -0.119. The van der Waals surface area contributed by atoms with Gasteiger partial charge in [-0.25, -0.2) is 0 Å². The van der Waals surface area contributed by atoms with E-state index >= 15 is 0 Å². The van der Waals surface area contributed by atoms with E-state index in [9.17, 15) is 9.90 Å². The molecule has 0 bridgehead atoms. The summed E-state index contributed by atoms with van der Waals surface area (Å²) in [5.74, 6) is 0.563. The predicted octanol–water partition coefficient (Wildman–Crippen LogP) is 4.26. The summed E-state index contributed by atoms with van der Waals surface area (Å²) in [5, 5.41) is 10.6. The van der Waals surface area contributed by atoms with Crippen LogP contribution in [0.3, 0.4) is 0 Å². The Morgan fingerprint density at radius 2 is 1.79 bits per heavy atom. The summed E-state index contributed by atoms with van der Waals surface area (Å²) in [6.45, 7) is 6.64. The number of aliphatic hydroxyl groups excluding tert-OH is 1. The van der Waals surface area contributed by atoms with Crippen molar-refractivity contribution in [3.05, 3.63) is 66.2 Å². The Kier molecular flexibility index (Phi) is 7.24. The molecule has 2 aromatic rings. The first-order valence-corrected chi connectivity index (χ1v) is 10.4. The molecule has 1 aliphatic heterocycles. The highest BCUT2D eigenvalue weighted by atomic mass is 16.3. The van der Waals surface area contributed by atoms with Crippen LogP contribution in [-0.4, -0.2) is 41.6 Å². The normalized spacial score (nSPS) is 19.8. The van der Waals surface area contributed by atoms with Crippen LogP contribution in [0.2, 0.25) is 0 Å². The minimum atomic E-state index is -0.474. The summed E-state index contributed by atoms with van der Waals surface area (Å²) in [4.78, 5) is 17.0. The minimum Gasteiger partial charge on any atom is -0.387 e. The van der Waals surface area contributed by atoms with Crippen LogP contribution < -0.4 is 4.90 Å². The van der Waals surface area contributed by atoms with E-state index in [1.54, 1.807) is 0 Å². The zero-order valence-electron chi connectivity index (χ0n) is 17.0. The third-order valence-corrected chi connectivity index (χ3v) is 5.85. The van der Waals surface area contributed by atoms with Gasteiger partial charge in [0.1, 0.15) is 0 Å². The van der Waals surface area contributed by atoms with Crippen molar-refractivity contribution in [3.8, 4) is 0 Å². The van der Waals surface area contributed by atoms with Crippen molar-refractivity contribution >= 4 is 11.6 Å². The van der Waals surface area contributed by atoms with Crippen LogP contribution in [-0.2, 0) is 4.79 Å². The maximum Gasteiger partial charge on any atom is 0.226 e. The second kappa shape index (κ2) is 9.85. The lowest BCUT2D eigenvalue weighted by Crippen LogP contribution is -2.49. The highest BCUT2D eigenvalue weighted by Crippen LogP contribution is 2.28. The number of carbonyl (C=O) groups is 1. The van der Waals surface area contributed by atoms with Gasteiger partial charge in [-0.15, -0.1) is 0 Å². The van der Waals surface area contributed by atoms with E-state index in [0.29, 0.717) is 18.9 Å². The standard InChI is InChI=1S/C24H32N2O2/c1-3-24(28)26(22-14-8-5-9-15-22)19(2)21-13-10-16-25(17-21)18-23(27)20-11-6-4-7-12-20/h4-9,11-12,14-15,19,21,23,27H,3,10,13,16-18H2,1-2H3/t19-,21+,23-/m1/s1. The Morgan fingerprint density at radius 3 is 2.43 bits per heavy atom. The molecule has 28 heavy (non-hydrogen) atoms. The van der Waals surface area contributed by atoms with Crippen molar-refractivity contribution in [2.75, 3.05) is 24.5 Å². The van der Waals surface area contributed by atoms with Crippen molar-refractivity contribution < 1.29 is 9.90 Å². The summed E-state index contributed by atoms with van der Waals surface area (Å²) in [5.41, 5.74) is 1.94. The molecule has 1 fully saturated rings. The Morgan fingerprint density at radius 1 is 1.14 bits per heavy atom. The largest absolute Gasteiger partial charge is 0.387 e. The molecule has 3 rings (SSSR count). The highest BCUT2D eigenvalue weighted by molar-refractivity contribution is 5.93. The summed E-state index contributed by atoms with van der Waals surface area (Å²) in [6.07, 6.45) is 2.24. The van der Waals surface area contributed by atoms with Crippen molar-refractivity contribution in [2.24, 2.45) is 5.92 Å². The third-order valence-electron chi connectivity index (χ3n) is 5.85. The molecule has 3 atom stereocenters. The van der Waals surface area contributed by atoms with Gasteiger partial charge in [-0.3, -0.25) is 4.79 Å². The van der Waals surface area contributed by atoms with Gasteiger partial charge in [-0.05, 0) is 49.9 Å². The lowest BCUT2D eigenvalue weighted by atomic mass is 9.89. The fourth-order valence-electron chi connectivity index (χ4n) is 4.25. The van der Waals surface area contributed by atoms with Crippen LogP contribution in [0.25, 0.3) is 0 Å². The third kappa shape index (κ3) is 5.00. The number of piperidine rings is 1. The van der Waals surface area contributed by atoms with Crippen LogP contribution in [0.5, 0.6) is 0 Å². The number of hydrogen-bond acceptors (Lipinski definition) is 3. The van der Waals surface area contributed by atoms with Crippen LogP contribution in [0, 0.1) is 5.92 Å². The van der Waals surface area contributed by atoms with Gasteiger partial charge in [0.25, 0.3) is 0 Å². The van der Waals surface area contributed by atoms with Gasteiger partial charge < -0.3 is 14.9 Å². The molecular weight excluding hydrogens is 348 g/mol. The van der Waals surface area contributed by atoms with E-state index in [1.165, 1.54) is 0 Å². The lowest BCUT2D eigenvalue weighted by Gasteiger charge is -2.41. The van der Waals surface area contributed by atoms with Crippen LogP contribution in [0.15, 0.2) is 60.7 Å². The molecule has 0 aliphatic carbocycles. The van der Waals surface area contributed by atoms with Gasteiger partial charge in [-0.2, -0.15) is 0 Å². The summed E-state index contributed by atoms with van der Waals surface area (Å²) in [6, 6.07) is 20.0. The first kappa shape index (κ1) is 20.6. The van der Waals surface area contributed by atoms with Gasteiger partial charge in [-0.1, -0.05) is 55.5 Å². The van der Waals surface area contributed by atoms with E-state index in [-0.39, 0.29) is 11.9 Å². The second-order valence-corrected chi connectivity index (χ2v) is 7.78. The van der Waals surface area contributed by atoms with Crippen molar-refractivity contribution in [3.63, 3.8) is 0 Å². The van der Waals surface area contributed by atoms with Crippen LogP contribution >= 0.6 is 0 Å². The fraction of sp³-hybridized carbons (Fsp3) is 0.458. The number of hydrogen-bond donors (Lipinski definition) is 1. The number of amides is 1. The quantitative estimate of drug-likeness (QED) is 0.780. The van der Waals surface area contributed by atoms with Crippen LogP contribution in [0.1, 0.15) is 44.8 Å². The van der Waals surface area contributed by atoms with Gasteiger partial charge in [0, 0.05) is 31.2 Å². The zero-order valence-corrected chi connectivity index (χ0v) is 17.0. The molecule has 0 aromatic heterocycles. The SMILES string of the molecule is CCC(=O)N(c1ccccc1)[C@H](C)[C@H]1CCCN(C[C@@H](O)c2ccccc2)C1. The maximum atomic E-state index is 12.7. The number of likely N-dealkylation sites (tertiary alicyclic amines) is 1. The highest BCUT2D eigenvalue weighted by Gasteiger charge is 2.31. The Labute approximate surface area is 168 Å². The molecule has 1 amide bonds. The van der Waals surface area contributed by atoms with Crippen molar-refractivity contribution in [2.45, 2.75) is 45.3 Å². The molecular formula is C24H32N2O2. The Bertz CT molecular complexity index is 735. The summed E-state index contributed by atoms with van der Waals surface area (Å²) < 4.78 is 0. The van der Waals surface area contributed by atoms with E-state index < -0.39 is 6.10 Å². The average molecular weight is 381 g/mol. The monoisotopic (exact) mass is 380 g/mol. The molecule has 0 spiro atoms. The Balaban J connectivity index is 1.68. The molecule has 0 unspecified atom stereocenters. The number of anilines is 1. The average Bonchev–Trinajstić information content (AvgIpc) is 2.75. The molecule has 4 nitrogen and oxygen atoms in total. The predicted molar refractivity (Wildman–Crippen MR) is 114 cm³/mol. The molecule has 1 saturated heterocycles. The van der Waals surface area contributed by atoms with Crippen LogP contribution in [0.4, 0.5) is 5.69 Å². The first-order valence-electron chi connectivity index (χ1n) is 10.4. The molecule has 1 heterocycles. The fourth-order valence-corrected chi connectivity index (χ4v) is 4.25. The van der Waals surface area contributed by atoms with E-state index in [0.717, 1.165) is 37.2 Å². The minimum absolute atomic E-state index is 0.131. The first-order chi connectivity index (χ1) is 13.6. The smallest absolute Gasteiger partial charge is 0.226 e. The number of rotatable bonds is 7. The maximum absolute atomic E-state index is 12.7. The van der Waals surface area contributed by atoms with Gasteiger partial charge in [0.05, 0.1) is 6.10 Å². The second-order valence-electron chi connectivity index (χ2n) is 7.78. The molecule has 0 saturated carbocycles. The molecule has 4 heteroatoms. The Hall–Kier alpha value is -2.17. The van der Waals surface area contributed by atoms with Gasteiger partial charge in [0.2, 0.25) is 5.91 Å². The molecule has 0 radical (unpaired) electrons. The number of β-amino-alcohol motifs (C(OH)–C–C–N with tert-alkyl or cyclic N) is 1. The summed E-state index contributed by atoms with van der Waals surface area (Å²) in [7, 11) is 0.